The van der Waals surface area contributed by atoms with Gasteiger partial charge in [0.1, 0.15) is 0 Å². The van der Waals surface area contributed by atoms with Crippen molar-refractivity contribution in [2.45, 2.75) is 379 Å². The summed E-state index contributed by atoms with van der Waals surface area (Å²) < 4.78 is 5.47. The molecule has 0 rings (SSSR count). The first-order chi connectivity index (χ1) is 35.0. The van der Waals surface area contributed by atoms with E-state index in [4.69, 9.17) is 4.74 Å². The van der Waals surface area contributed by atoms with E-state index >= 15 is 0 Å². The average Bonchev–Trinajstić information content (AvgIpc) is 3.37. The molecular weight excluding hydrogens is 875 g/mol. The lowest BCUT2D eigenvalue weighted by molar-refractivity contribution is -0.143. The Morgan fingerprint density at radius 2 is 0.662 bits per heavy atom. The second-order valence-electron chi connectivity index (χ2n) is 22.5. The van der Waals surface area contributed by atoms with Crippen molar-refractivity contribution in [1.29, 1.82) is 0 Å². The first-order valence-corrected chi connectivity index (χ1v) is 32.4. The van der Waals surface area contributed by atoms with Crippen LogP contribution in [0.2, 0.25) is 0 Å². The molecule has 2 unspecified atom stereocenters. The second kappa shape index (κ2) is 61.1. The van der Waals surface area contributed by atoms with Gasteiger partial charge < -0.3 is 20.3 Å². The van der Waals surface area contributed by atoms with E-state index in [0.29, 0.717) is 25.9 Å². The van der Waals surface area contributed by atoms with E-state index in [1.165, 1.54) is 289 Å². The summed E-state index contributed by atoms with van der Waals surface area (Å²) in [5.41, 5.74) is 0. The van der Waals surface area contributed by atoms with Crippen LogP contribution in [0.4, 0.5) is 0 Å². The summed E-state index contributed by atoms with van der Waals surface area (Å²) in [4.78, 5) is 24.6. The number of allylic oxidation sites excluding steroid dienone is 2. The van der Waals surface area contributed by atoms with Gasteiger partial charge in [-0.25, -0.2) is 0 Å². The molecular formula is C65H127NO5. The number of aliphatic hydroxyl groups is 2. The smallest absolute Gasteiger partial charge is 0.305 e. The van der Waals surface area contributed by atoms with Crippen LogP contribution < -0.4 is 5.32 Å². The molecule has 0 radical (unpaired) electrons. The number of rotatable bonds is 61. The molecule has 0 aromatic heterocycles. The van der Waals surface area contributed by atoms with Crippen molar-refractivity contribution in [3.05, 3.63) is 12.2 Å². The van der Waals surface area contributed by atoms with E-state index in [1.807, 2.05) is 0 Å². The topological polar surface area (TPSA) is 95.9 Å². The van der Waals surface area contributed by atoms with Crippen LogP contribution in [0.3, 0.4) is 0 Å². The van der Waals surface area contributed by atoms with Gasteiger partial charge in [0.05, 0.1) is 25.4 Å². The SMILES string of the molecule is CCCCCC/C=C\CCCCCCCC(=O)OCCCCCCCCCCCCCCCCCCCC(=O)NC(CO)C(O)CCCCCCCCCCCCCCCCCCCCCCCCCC. The predicted molar refractivity (Wildman–Crippen MR) is 310 cm³/mol. The van der Waals surface area contributed by atoms with Crippen LogP contribution in [0, 0.1) is 0 Å². The third-order valence-electron chi connectivity index (χ3n) is 15.3. The molecule has 0 saturated heterocycles. The van der Waals surface area contributed by atoms with Crippen LogP contribution in [-0.4, -0.2) is 47.4 Å². The molecule has 422 valence electrons. The van der Waals surface area contributed by atoms with E-state index < -0.39 is 12.1 Å². The number of aliphatic hydroxyl groups excluding tert-OH is 2. The lowest BCUT2D eigenvalue weighted by Crippen LogP contribution is -2.45. The lowest BCUT2D eigenvalue weighted by Gasteiger charge is -2.22. The predicted octanol–water partition coefficient (Wildman–Crippen LogP) is 20.4. The molecule has 6 heteroatoms. The Bertz CT molecular complexity index is 1060. The number of unbranched alkanes of at least 4 members (excludes halogenated alkanes) is 48. The average molecular weight is 1000 g/mol. The summed E-state index contributed by atoms with van der Waals surface area (Å²) in [6.45, 7) is 4.96. The molecule has 0 spiro atoms. The van der Waals surface area contributed by atoms with Crippen LogP contribution in [0.5, 0.6) is 0 Å². The van der Waals surface area contributed by atoms with E-state index in [1.54, 1.807) is 0 Å². The number of ether oxygens (including phenoxy) is 1. The van der Waals surface area contributed by atoms with Gasteiger partial charge in [-0.15, -0.1) is 0 Å². The molecule has 3 N–H and O–H groups in total. The van der Waals surface area contributed by atoms with Crippen LogP contribution in [0.15, 0.2) is 12.2 Å². The van der Waals surface area contributed by atoms with Gasteiger partial charge >= 0.3 is 5.97 Å². The summed E-state index contributed by atoms with van der Waals surface area (Å²) in [6, 6.07) is -0.546. The normalized spacial score (nSPS) is 12.6. The van der Waals surface area contributed by atoms with Gasteiger partial charge in [0.2, 0.25) is 5.91 Å². The van der Waals surface area contributed by atoms with Crippen LogP contribution >= 0.6 is 0 Å². The highest BCUT2D eigenvalue weighted by Gasteiger charge is 2.20. The summed E-state index contributed by atoms with van der Waals surface area (Å²) in [5, 5.41) is 23.4. The van der Waals surface area contributed by atoms with Gasteiger partial charge in [-0.3, -0.25) is 9.59 Å². The molecule has 6 nitrogen and oxygen atoms in total. The Labute approximate surface area is 444 Å². The van der Waals surface area contributed by atoms with E-state index in [0.717, 1.165) is 44.9 Å². The van der Waals surface area contributed by atoms with Gasteiger partial charge in [0.25, 0.3) is 0 Å². The highest BCUT2D eigenvalue weighted by Crippen LogP contribution is 2.19. The minimum atomic E-state index is -0.669. The van der Waals surface area contributed by atoms with Crippen molar-refractivity contribution < 1.29 is 24.5 Å². The lowest BCUT2D eigenvalue weighted by atomic mass is 10.0. The number of amides is 1. The fourth-order valence-electron chi connectivity index (χ4n) is 10.3. The monoisotopic (exact) mass is 1000 g/mol. The fourth-order valence-corrected chi connectivity index (χ4v) is 10.3. The zero-order valence-corrected chi connectivity index (χ0v) is 48.2. The molecule has 2 atom stereocenters. The van der Waals surface area contributed by atoms with Gasteiger partial charge in [0.15, 0.2) is 0 Å². The number of esters is 1. The summed E-state index contributed by atoms with van der Waals surface area (Å²) in [6.07, 6.45) is 73.7. The number of carbonyl (C=O) groups excluding carboxylic acids is 2. The Balaban J connectivity index is 3.41. The molecule has 0 saturated carbocycles. The van der Waals surface area contributed by atoms with Crippen molar-refractivity contribution >= 4 is 11.9 Å². The van der Waals surface area contributed by atoms with E-state index in [2.05, 4.69) is 31.3 Å². The fraction of sp³-hybridized carbons (Fsp3) is 0.938. The van der Waals surface area contributed by atoms with Crippen LogP contribution in [0.25, 0.3) is 0 Å². The Morgan fingerprint density at radius 1 is 0.380 bits per heavy atom. The molecule has 0 aliphatic rings. The standard InChI is InChI=1S/C65H127NO5/c1-3-5-7-9-11-13-15-17-18-19-20-21-22-23-24-25-27-30-34-37-41-45-49-53-57-63(68)62(61-67)66-64(69)58-54-50-46-42-38-35-31-28-26-29-32-36-40-44-48-52-56-60-71-65(70)59-55-51-47-43-39-33-16-14-12-10-8-6-4-2/h14,16,62-63,67-68H,3-13,15,17-61H2,1-2H3,(H,66,69)/b16-14-. The maximum Gasteiger partial charge on any atom is 0.305 e. The third-order valence-corrected chi connectivity index (χ3v) is 15.3. The number of carbonyl (C=O) groups is 2. The summed E-state index contributed by atoms with van der Waals surface area (Å²) in [5.74, 6) is -0.0385. The number of nitrogens with one attached hydrogen (secondary N) is 1. The maximum absolute atomic E-state index is 12.5. The van der Waals surface area contributed by atoms with Crippen molar-refractivity contribution in [1.82, 2.24) is 5.32 Å². The van der Waals surface area contributed by atoms with E-state index in [9.17, 15) is 19.8 Å². The van der Waals surface area contributed by atoms with Crippen molar-refractivity contribution in [2.24, 2.45) is 0 Å². The molecule has 0 bridgehead atoms. The van der Waals surface area contributed by atoms with Crippen molar-refractivity contribution in [3.63, 3.8) is 0 Å². The van der Waals surface area contributed by atoms with Gasteiger partial charge in [-0.2, -0.15) is 0 Å². The highest BCUT2D eigenvalue weighted by atomic mass is 16.5. The molecule has 0 fully saturated rings. The number of hydrogen-bond donors (Lipinski definition) is 3. The minimum Gasteiger partial charge on any atom is -0.466 e. The van der Waals surface area contributed by atoms with Crippen LogP contribution in [-0.2, 0) is 14.3 Å². The zero-order chi connectivity index (χ0) is 51.4. The number of hydrogen-bond acceptors (Lipinski definition) is 5. The zero-order valence-electron chi connectivity index (χ0n) is 48.2. The summed E-state index contributed by atoms with van der Waals surface area (Å²) in [7, 11) is 0. The summed E-state index contributed by atoms with van der Waals surface area (Å²) >= 11 is 0. The van der Waals surface area contributed by atoms with Gasteiger partial charge in [-0.1, -0.05) is 315 Å². The largest absolute Gasteiger partial charge is 0.466 e. The van der Waals surface area contributed by atoms with Gasteiger partial charge in [-0.05, 0) is 51.4 Å². The molecule has 0 aromatic carbocycles. The van der Waals surface area contributed by atoms with Crippen molar-refractivity contribution in [2.75, 3.05) is 13.2 Å². The molecule has 0 heterocycles. The van der Waals surface area contributed by atoms with Crippen LogP contribution in [0.1, 0.15) is 367 Å². The molecule has 71 heavy (non-hydrogen) atoms. The van der Waals surface area contributed by atoms with E-state index in [-0.39, 0.29) is 18.5 Å². The highest BCUT2D eigenvalue weighted by molar-refractivity contribution is 5.76. The minimum absolute atomic E-state index is 0.00266. The first kappa shape index (κ1) is 69.6. The first-order valence-electron chi connectivity index (χ1n) is 32.4. The third kappa shape index (κ3) is 57.7. The molecule has 0 aliphatic heterocycles. The Hall–Kier alpha value is -1.40. The maximum atomic E-state index is 12.5. The van der Waals surface area contributed by atoms with Gasteiger partial charge in [0, 0.05) is 12.8 Å². The second-order valence-corrected chi connectivity index (χ2v) is 22.5. The van der Waals surface area contributed by atoms with Crippen molar-refractivity contribution in [3.8, 4) is 0 Å². The Kier molecular flexibility index (Phi) is 59.9. The quantitative estimate of drug-likeness (QED) is 0.0320. The molecule has 0 aliphatic carbocycles. The molecule has 0 aromatic rings. The Morgan fingerprint density at radius 3 is 1.01 bits per heavy atom. The molecule has 1 amide bonds.